The molecule has 1 atom stereocenters. The van der Waals surface area contributed by atoms with Crippen LogP contribution in [0.25, 0.3) is 0 Å². The lowest BCUT2D eigenvalue weighted by atomic mass is 9.96. The molecule has 0 bridgehead atoms. The number of benzene rings is 1. The average Bonchev–Trinajstić information content (AvgIpc) is 2.60. The van der Waals surface area contributed by atoms with Gasteiger partial charge in [-0.2, -0.15) is 0 Å². The van der Waals surface area contributed by atoms with Gasteiger partial charge in [0.05, 0.1) is 7.11 Å². The van der Waals surface area contributed by atoms with Gasteiger partial charge in [0.1, 0.15) is 5.75 Å². The maximum Gasteiger partial charge on any atom is 0.223 e. The van der Waals surface area contributed by atoms with Crippen LogP contribution in [0.15, 0.2) is 24.3 Å². The highest BCUT2D eigenvalue weighted by Gasteiger charge is 2.25. The zero-order valence-electron chi connectivity index (χ0n) is 15.1. The molecule has 0 saturated carbocycles. The highest BCUT2D eigenvalue weighted by Crippen LogP contribution is 2.24. The summed E-state index contributed by atoms with van der Waals surface area (Å²) in [6.07, 6.45) is 3.74. The minimum Gasteiger partial charge on any atom is -0.497 e. The SMILES string of the molecule is CCCN(C(=O)CC(C)c1ccc(OC)cc1)C1CCNCC1.Cl. The molecule has 0 radical (unpaired) electrons. The van der Waals surface area contributed by atoms with Gasteiger partial charge in [0.25, 0.3) is 0 Å². The van der Waals surface area contributed by atoms with Crippen LogP contribution in [-0.4, -0.2) is 43.6 Å². The molecule has 1 aliphatic rings. The second kappa shape index (κ2) is 10.6. The lowest BCUT2D eigenvalue weighted by molar-refractivity contribution is -0.134. The van der Waals surface area contributed by atoms with E-state index in [4.69, 9.17) is 4.74 Å². The first-order valence-corrected chi connectivity index (χ1v) is 8.79. The van der Waals surface area contributed by atoms with Gasteiger partial charge >= 0.3 is 0 Å². The minimum atomic E-state index is 0. The van der Waals surface area contributed by atoms with Crippen molar-refractivity contribution >= 4 is 18.3 Å². The number of amides is 1. The molecule has 136 valence electrons. The molecular formula is C19H31ClN2O2. The van der Waals surface area contributed by atoms with E-state index < -0.39 is 0 Å². The number of carbonyl (C=O) groups excluding carboxylic acids is 1. The number of halogens is 1. The summed E-state index contributed by atoms with van der Waals surface area (Å²) in [6.45, 7) is 7.19. The number of nitrogens with zero attached hydrogens (tertiary/aromatic N) is 1. The lowest BCUT2D eigenvalue weighted by Gasteiger charge is -2.35. The van der Waals surface area contributed by atoms with Crippen LogP contribution >= 0.6 is 12.4 Å². The van der Waals surface area contributed by atoms with Crippen LogP contribution in [0.3, 0.4) is 0 Å². The smallest absolute Gasteiger partial charge is 0.223 e. The number of hydrogen-bond acceptors (Lipinski definition) is 3. The molecule has 4 nitrogen and oxygen atoms in total. The van der Waals surface area contributed by atoms with E-state index in [1.54, 1.807) is 7.11 Å². The molecule has 1 fully saturated rings. The van der Waals surface area contributed by atoms with E-state index in [1.165, 1.54) is 5.56 Å². The fourth-order valence-electron chi connectivity index (χ4n) is 3.30. The third-order valence-electron chi connectivity index (χ3n) is 4.70. The maximum atomic E-state index is 12.8. The Bertz CT molecular complexity index is 487. The van der Waals surface area contributed by atoms with Crippen LogP contribution < -0.4 is 10.1 Å². The van der Waals surface area contributed by atoms with Gasteiger partial charge in [0, 0.05) is 19.0 Å². The van der Waals surface area contributed by atoms with Crippen molar-refractivity contribution in [3.05, 3.63) is 29.8 Å². The molecule has 0 spiro atoms. The molecule has 1 amide bonds. The van der Waals surface area contributed by atoms with Crippen LogP contribution in [0.5, 0.6) is 5.75 Å². The first kappa shape index (κ1) is 20.8. The maximum absolute atomic E-state index is 12.8. The summed E-state index contributed by atoms with van der Waals surface area (Å²) < 4.78 is 5.20. The molecule has 5 heteroatoms. The molecule has 1 aromatic carbocycles. The van der Waals surface area contributed by atoms with E-state index in [9.17, 15) is 4.79 Å². The quantitative estimate of drug-likeness (QED) is 0.813. The molecule has 0 aliphatic carbocycles. The third-order valence-corrected chi connectivity index (χ3v) is 4.70. The van der Waals surface area contributed by atoms with E-state index in [-0.39, 0.29) is 18.3 Å². The van der Waals surface area contributed by atoms with Crippen molar-refractivity contribution in [2.45, 2.75) is 51.5 Å². The number of hydrogen-bond donors (Lipinski definition) is 1. The van der Waals surface area contributed by atoms with Crippen molar-refractivity contribution in [3.63, 3.8) is 0 Å². The average molecular weight is 355 g/mol. The van der Waals surface area contributed by atoms with E-state index in [0.717, 1.165) is 44.6 Å². The van der Waals surface area contributed by atoms with Crippen LogP contribution in [-0.2, 0) is 4.79 Å². The second-order valence-corrected chi connectivity index (χ2v) is 6.45. The largest absolute Gasteiger partial charge is 0.497 e. The van der Waals surface area contributed by atoms with Gasteiger partial charge in [-0.05, 0) is 56.0 Å². The summed E-state index contributed by atoms with van der Waals surface area (Å²) in [4.78, 5) is 14.9. The van der Waals surface area contributed by atoms with E-state index in [1.807, 2.05) is 12.1 Å². The second-order valence-electron chi connectivity index (χ2n) is 6.45. The molecule has 1 aromatic rings. The normalized spacial score (nSPS) is 16.1. The van der Waals surface area contributed by atoms with Gasteiger partial charge in [0.2, 0.25) is 5.91 Å². The molecule has 24 heavy (non-hydrogen) atoms. The number of methoxy groups -OCH3 is 1. The van der Waals surface area contributed by atoms with Crippen LogP contribution in [0.1, 0.15) is 51.0 Å². The summed E-state index contributed by atoms with van der Waals surface area (Å²) >= 11 is 0. The number of nitrogens with one attached hydrogen (secondary N) is 1. The molecule has 1 aliphatic heterocycles. The van der Waals surface area contributed by atoms with Gasteiger partial charge in [-0.3, -0.25) is 4.79 Å². The van der Waals surface area contributed by atoms with Gasteiger partial charge in [-0.15, -0.1) is 12.4 Å². The summed E-state index contributed by atoms with van der Waals surface area (Å²) in [5, 5.41) is 3.38. The van der Waals surface area contributed by atoms with Crippen LogP contribution in [0, 0.1) is 0 Å². The Balaban J connectivity index is 0.00000288. The Kier molecular flexibility index (Phi) is 9.16. The Hall–Kier alpha value is -1.26. The molecule has 1 saturated heterocycles. The van der Waals surface area contributed by atoms with Gasteiger partial charge in [0.15, 0.2) is 0 Å². The molecule has 0 aromatic heterocycles. The molecule has 1 N–H and O–H groups in total. The Morgan fingerprint density at radius 3 is 2.46 bits per heavy atom. The van der Waals surface area contributed by atoms with Crippen molar-refractivity contribution in [3.8, 4) is 5.75 Å². The fourth-order valence-corrected chi connectivity index (χ4v) is 3.30. The van der Waals surface area contributed by atoms with Crippen molar-refractivity contribution in [1.82, 2.24) is 10.2 Å². The van der Waals surface area contributed by atoms with Crippen molar-refractivity contribution < 1.29 is 9.53 Å². The first-order chi connectivity index (χ1) is 11.2. The number of rotatable bonds is 7. The monoisotopic (exact) mass is 354 g/mol. The number of piperidine rings is 1. The third kappa shape index (κ3) is 5.67. The molecule has 1 heterocycles. The van der Waals surface area contributed by atoms with Crippen LogP contribution in [0.2, 0.25) is 0 Å². The van der Waals surface area contributed by atoms with Crippen molar-refractivity contribution in [2.24, 2.45) is 0 Å². The number of ether oxygens (including phenoxy) is 1. The van der Waals surface area contributed by atoms with Crippen molar-refractivity contribution in [2.75, 3.05) is 26.7 Å². The Labute approximate surface area is 152 Å². The van der Waals surface area contributed by atoms with Crippen molar-refractivity contribution in [1.29, 1.82) is 0 Å². The standard InChI is InChI=1S/C19H30N2O2.ClH/c1-4-13-21(17-9-11-20-12-10-17)19(22)14-15(2)16-5-7-18(23-3)8-6-16;/h5-8,15,17,20H,4,9-14H2,1-3H3;1H. The van der Waals surface area contributed by atoms with Gasteiger partial charge < -0.3 is 15.0 Å². The van der Waals surface area contributed by atoms with Gasteiger partial charge in [-0.25, -0.2) is 0 Å². The highest BCUT2D eigenvalue weighted by atomic mass is 35.5. The topological polar surface area (TPSA) is 41.6 Å². The molecule has 2 rings (SSSR count). The predicted octanol–water partition coefficient (Wildman–Crippen LogP) is 3.60. The number of carbonyl (C=O) groups is 1. The Morgan fingerprint density at radius 2 is 1.92 bits per heavy atom. The Morgan fingerprint density at radius 1 is 1.29 bits per heavy atom. The summed E-state index contributed by atoms with van der Waals surface area (Å²) in [5.41, 5.74) is 1.20. The minimum absolute atomic E-state index is 0. The zero-order chi connectivity index (χ0) is 16.7. The predicted molar refractivity (Wildman–Crippen MR) is 101 cm³/mol. The fraction of sp³-hybridized carbons (Fsp3) is 0.632. The lowest BCUT2D eigenvalue weighted by Crippen LogP contribution is -2.46. The molecule has 1 unspecified atom stereocenters. The van der Waals surface area contributed by atoms with Crippen LogP contribution in [0.4, 0.5) is 0 Å². The van der Waals surface area contributed by atoms with Gasteiger partial charge in [-0.1, -0.05) is 26.0 Å². The summed E-state index contributed by atoms with van der Waals surface area (Å²) in [7, 11) is 1.67. The van der Waals surface area contributed by atoms with E-state index in [0.29, 0.717) is 18.4 Å². The first-order valence-electron chi connectivity index (χ1n) is 8.79. The van der Waals surface area contributed by atoms with E-state index >= 15 is 0 Å². The van der Waals surface area contributed by atoms with E-state index in [2.05, 4.69) is 36.2 Å². The summed E-state index contributed by atoms with van der Waals surface area (Å²) in [6, 6.07) is 8.46. The highest BCUT2D eigenvalue weighted by molar-refractivity contribution is 5.85. The summed E-state index contributed by atoms with van der Waals surface area (Å²) in [5.74, 6) is 1.38. The zero-order valence-corrected chi connectivity index (χ0v) is 15.9. The molecular weight excluding hydrogens is 324 g/mol.